The van der Waals surface area contributed by atoms with Crippen LogP contribution >= 0.6 is 11.8 Å². The van der Waals surface area contributed by atoms with Gasteiger partial charge in [-0.05, 0) is 12.1 Å². The summed E-state index contributed by atoms with van der Waals surface area (Å²) < 4.78 is 27.8. The van der Waals surface area contributed by atoms with Crippen molar-refractivity contribution in [1.29, 1.82) is 0 Å². The lowest BCUT2D eigenvalue weighted by atomic mass is 10.3. The first-order valence-electron chi connectivity index (χ1n) is 4.93. The molecule has 0 aliphatic heterocycles. The number of aromatic nitrogens is 3. The Kier molecular flexibility index (Phi) is 3.09. The molecule has 0 amide bonds. The quantitative estimate of drug-likeness (QED) is 0.773. The minimum Gasteiger partial charge on any atom is -0.277 e. The largest absolute Gasteiger partial charge is 0.277 e. The van der Waals surface area contributed by atoms with Gasteiger partial charge in [-0.15, -0.1) is 10.2 Å². The summed E-state index contributed by atoms with van der Waals surface area (Å²) in [6.07, 6.45) is 1.61. The fourth-order valence-corrected chi connectivity index (χ4v) is 2.13. The van der Waals surface area contributed by atoms with Crippen molar-refractivity contribution in [3.8, 4) is 0 Å². The Balaban J connectivity index is 2.16. The molecule has 2 heterocycles. The van der Waals surface area contributed by atoms with Gasteiger partial charge in [-0.25, -0.2) is 8.78 Å². The number of nitrogens with zero attached hydrogens (tertiary/aromatic N) is 3. The van der Waals surface area contributed by atoms with Crippen molar-refractivity contribution in [2.45, 2.75) is 24.4 Å². The molecule has 86 valence electrons. The molecule has 0 aromatic carbocycles. The van der Waals surface area contributed by atoms with Crippen molar-refractivity contribution in [3.63, 3.8) is 0 Å². The monoisotopic (exact) mass is 243 g/mol. The number of alkyl halides is 2. The van der Waals surface area contributed by atoms with Gasteiger partial charge < -0.3 is 0 Å². The molecule has 3 nitrogen and oxygen atoms in total. The predicted octanol–water partition coefficient (Wildman–Crippen LogP) is 2.87. The van der Waals surface area contributed by atoms with E-state index in [1.54, 1.807) is 16.7 Å². The summed E-state index contributed by atoms with van der Waals surface area (Å²) in [4.78, 5) is 0. The molecule has 0 bridgehead atoms. The summed E-state index contributed by atoms with van der Waals surface area (Å²) in [6, 6.07) is 5.44. The van der Waals surface area contributed by atoms with Crippen LogP contribution in [0.1, 0.15) is 13.3 Å². The Labute approximate surface area is 95.9 Å². The zero-order valence-corrected chi connectivity index (χ0v) is 9.55. The second-order valence-electron chi connectivity index (χ2n) is 3.41. The van der Waals surface area contributed by atoms with Crippen molar-refractivity contribution in [2.75, 3.05) is 5.75 Å². The van der Waals surface area contributed by atoms with Gasteiger partial charge in [0, 0.05) is 12.6 Å². The van der Waals surface area contributed by atoms with Crippen molar-refractivity contribution < 1.29 is 8.78 Å². The van der Waals surface area contributed by atoms with Gasteiger partial charge >= 0.3 is 0 Å². The van der Waals surface area contributed by atoms with Crippen molar-refractivity contribution in [3.05, 3.63) is 24.4 Å². The molecule has 0 saturated carbocycles. The van der Waals surface area contributed by atoms with Gasteiger partial charge in [0.1, 0.15) is 0 Å². The Hall–Kier alpha value is -1.17. The maximum Gasteiger partial charge on any atom is 0.257 e. The lowest BCUT2D eigenvalue weighted by molar-refractivity contribution is 0.0235. The average Bonchev–Trinajstić information content (AvgIpc) is 2.70. The molecule has 2 aromatic heterocycles. The van der Waals surface area contributed by atoms with Crippen molar-refractivity contribution in [1.82, 2.24) is 14.6 Å². The predicted molar refractivity (Wildman–Crippen MR) is 58.9 cm³/mol. The van der Waals surface area contributed by atoms with Gasteiger partial charge in [-0.2, -0.15) is 0 Å². The molecule has 6 heteroatoms. The van der Waals surface area contributed by atoms with Crippen LogP contribution in [0.15, 0.2) is 29.6 Å². The molecule has 0 aliphatic carbocycles. The summed E-state index contributed by atoms with van der Waals surface area (Å²) in [6.45, 7) is 1.47. The van der Waals surface area contributed by atoms with E-state index in [4.69, 9.17) is 0 Å². The first-order chi connectivity index (χ1) is 7.62. The molecule has 0 aliphatic rings. The van der Waals surface area contributed by atoms with Gasteiger partial charge in [-0.1, -0.05) is 24.8 Å². The molecule has 0 saturated heterocycles. The van der Waals surface area contributed by atoms with Crippen molar-refractivity contribution >= 4 is 17.4 Å². The Morgan fingerprint density at radius 3 is 2.94 bits per heavy atom. The number of halogens is 2. The molecular weight excluding hydrogens is 232 g/mol. The van der Waals surface area contributed by atoms with E-state index < -0.39 is 5.92 Å². The van der Waals surface area contributed by atoms with E-state index in [0.717, 1.165) is 11.8 Å². The Bertz CT molecular complexity index is 484. The van der Waals surface area contributed by atoms with E-state index in [0.29, 0.717) is 10.8 Å². The third-order valence-corrected chi connectivity index (χ3v) is 3.32. The second-order valence-corrected chi connectivity index (χ2v) is 4.35. The molecule has 0 spiro atoms. The molecule has 0 fully saturated rings. The average molecular weight is 243 g/mol. The van der Waals surface area contributed by atoms with E-state index in [1.165, 1.54) is 6.92 Å². The molecule has 2 rings (SSSR count). The molecule has 0 unspecified atom stereocenters. The van der Waals surface area contributed by atoms with Crippen LogP contribution in [0, 0.1) is 0 Å². The van der Waals surface area contributed by atoms with Gasteiger partial charge in [-0.3, -0.25) is 4.40 Å². The minimum atomic E-state index is -2.65. The standard InChI is InChI=1S/C10H11F2N3S/c1-2-10(11,12)7-16-9-14-13-8-5-3-4-6-15(8)9/h3-6H,2,7H2,1H3. The van der Waals surface area contributed by atoms with Gasteiger partial charge in [0.2, 0.25) is 0 Å². The Morgan fingerprint density at radius 2 is 2.19 bits per heavy atom. The highest BCUT2D eigenvalue weighted by Gasteiger charge is 2.27. The maximum absolute atomic E-state index is 13.1. The summed E-state index contributed by atoms with van der Waals surface area (Å²) in [5, 5.41) is 8.27. The highest BCUT2D eigenvalue weighted by Crippen LogP contribution is 2.27. The zero-order chi connectivity index (χ0) is 11.6. The number of fused-ring (bicyclic) bond motifs is 1. The fraction of sp³-hybridized carbons (Fsp3) is 0.400. The zero-order valence-electron chi connectivity index (χ0n) is 8.73. The molecule has 0 radical (unpaired) electrons. The van der Waals surface area contributed by atoms with Crippen LogP contribution in [-0.4, -0.2) is 26.3 Å². The highest BCUT2D eigenvalue weighted by atomic mass is 32.2. The topological polar surface area (TPSA) is 30.2 Å². The summed E-state index contributed by atoms with van der Waals surface area (Å²) in [5.41, 5.74) is 0.671. The van der Waals surface area contributed by atoms with E-state index in [1.807, 2.05) is 12.1 Å². The van der Waals surface area contributed by atoms with E-state index >= 15 is 0 Å². The van der Waals surface area contributed by atoms with Gasteiger partial charge in [0.15, 0.2) is 10.8 Å². The van der Waals surface area contributed by atoms with Crippen LogP contribution in [-0.2, 0) is 0 Å². The van der Waals surface area contributed by atoms with Crippen LogP contribution in [0.5, 0.6) is 0 Å². The third-order valence-electron chi connectivity index (χ3n) is 2.21. The summed E-state index contributed by atoms with van der Waals surface area (Å²) in [7, 11) is 0. The number of hydrogen-bond donors (Lipinski definition) is 0. The SMILES string of the molecule is CCC(F)(F)CSc1nnc2ccccn12. The molecule has 0 N–H and O–H groups in total. The van der Waals surface area contributed by atoms with Crippen LogP contribution in [0.4, 0.5) is 8.78 Å². The van der Waals surface area contributed by atoms with E-state index in [9.17, 15) is 8.78 Å². The van der Waals surface area contributed by atoms with E-state index in [-0.39, 0.29) is 12.2 Å². The fourth-order valence-electron chi connectivity index (χ4n) is 1.19. The van der Waals surface area contributed by atoms with Crippen LogP contribution in [0.2, 0.25) is 0 Å². The summed E-state index contributed by atoms with van der Waals surface area (Å²) >= 11 is 1.03. The minimum absolute atomic E-state index is 0.156. The molecule has 16 heavy (non-hydrogen) atoms. The van der Waals surface area contributed by atoms with E-state index in [2.05, 4.69) is 10.2 Å². The molecular formula is C10H11F2N3S. The second kappa shape index (κ2) is 4.37. The van der Waals surface area contributed by atoms with Gasteiger partial charge in [0.25, 0.3) is 5.92 Å². The number of thioether (sulfide) groups is 1. The molecule has 2 aromatic rings. The normalized spacial score (nSPS) is 12.2. The van der Waals surface area contributed by atoms with Gasteiger partial charge in [0.05, 0.1) is 5.75 Å². The number of hydrogen-bond acceptors (Lipinski definition) is 3. The van der Waals surface area contributed by atoms with Crippen LogP contribution in [0.25, 0.3) is 5.65 Å². The Morgan fingerprint density at radius 1 is 1.38 bits per heavy atom. The third kappa shape index (κ3) is 2.32. The number of rotatable bonds is 4. The lowest BCUT2D eigenvalue weighted by Gasteiger charge is -2.11. The number of pyridine rings is 1. The first kappa shape index (κ1) is 11.3. The molecule has 0 atom stereocenters. The maximum atomic E-state index is 13.1. The summed E-state index contributed by atoms with van der Waals surface area (Å²) in [5.74, 6) is -2.91. The lowest BCUT2D eigenvalue weighted by Crippen LogP contribution is -2.17. The van der Waals surface area contributed by atoms with Crippen molar-refractivity contribution in [2.24, 2.45) is 0 Å². The first-order valence-corrected chi connectivity index (χ1v) is 5.91. The highest BCUT2D eigenvalue weighted by molar-refractivity contribution is 7.99. The smallest absolute Gasteiger partial charge is 0.257 e. The van der Waals surface area contributed by atoms with Crippen LogP contribution < -0.4 is 0 Å². The van der Waals surface area contributed by atoms with Crippen LogP contribution in [0.3, 0.4) is 0 Å².